The minimum absolute atomic E-state index is 0.0186. The summed E-state index contributed by atoms with van der Waals surface area (Å²) in [7, 11) is 1.29. The maximum Gasteiger partial charge on any atom is 0.416 e. The van der Waals surface area contributed by atoms with Crippen molar-refractivity contribution in [2.24, 2.45) is 0 Å². The molecule has 0 aliphatic carbocycles. The summed E-state index contributed by atoms with van der Waals surface area (Å²) in [5.74, 6) is -0.386. The number of rotatable bonds is 5. The second-order valence-corrected chi connectivity index (χ2v) is 6.23. The van der Waals surface area contributed by atoms with E-state index in [1.54, 1.807) is 36.4 Å². The molecule has 150 valence electrons. The zero-order valence-corrected chi connectivity index (χ0v) is 15.4. The summed E-state index contributed by atoms with van der Waals surface area (Å²) in [6.45, 7) is 0.0186. The van der Waals surface area contributed by atoms with Crippen LogP contribution in [0.2, 0.25) is 0 Å². The lowest BCUT2D eigenvalue weighted by Crippen LogP contribution is -2.35. The van der Waals surface area contributed by atoms with Crippen LogP contribution in [-0.4, -0.2) is 13.0 Å². The molecule has 1 N–H and O–H groups in total. The van der Waals surface area contributed by atoms with Crippen molar-refractivity contribution in [3.05, 3.63) is 88.9 Å². The van der Waals surface area contributed by atoms with Gasteiger partial charge in [-0.25, -0.2) is 0 Å². The minimum Gasteiger partial charge on any atom is -0.618 e. The average Bonchev–Trinajstić information content (AvgIpc) is 2.72. The quantitative estimate of drug-likeness (QED) is 0.519. The molecule has 0 unspecified atom stereocenters. The molecule has 0 fully saturated rings. The first-order valence-electron chi connectivity index (χ1n) is 8.60. The molecule has 0 spiro atoms. The molecule has 5 nitrogen and oxygen atoms in total. The smallest absolute Gasteiger partial charge is 0.416 e. The third-order valence-electron chi connectivity index (χ3n) is 4.26. The highest BCUT2D eigenvalue weighted by atomic mass is 19.4. The number of amides is 1. The van der Waals surface area contributed by atoms with Gasteiger partial charge in [-0.2, -0.15) is 17.9 Å². The van der Waals surface area contributed by atoms with Crippen LogP contribution in [0.5, 0.6) is 5.75 Å². The summed E-state index contributed by atoms with van der Waals surface area (Å²) in [6, 6.07) is 14.4. The molecule has 0 atom stereocenters. The van der Waals surface area contributed by atoms with E-state index in [9.17, 15) is 23.2 Å². The molecule has 3 aromatic rings. The van der Waals surface area contributed by atoms with Gasteiger partial charge in [0.25, 0.3) is 5.91 Å². The van der Waals surface area contributed by atoms with E-state index in [4.69, 9.17) is 4.74 Å². The maximum absolute atomic E-state index is 13.2. The maximum atomic E-state index is 13.2. The van der Waals surface area contributed by atoms with Crippen LogP contribution in [0.4, 0.5) is 13.2 Å². The fraction of sp³-hybridized carbons (Fsp3) is 0.143. The van der Waals surface area contributed by atoms with Crippen LogP contribution in [0.1, 0.15) is 21.6 Å². The first-order chi connectivity index (χ1) is 13.8. The average molecular weight is 402 g/mol. The Kier molecular flexibility index (Phi) is 5.72. The van der Waals surface area contributed by atoms with E-state index < -0.39 is 17.6 Å². The molecular weight excluding hydrogens is 385 g/mol. The van der Waals surface area contributed by atoms with Crippen LogP contribution in [-0.2, 0) is 12.7 Å². The van der Waals surface area contributed by atoms with Gasteiger partial charge >= 0.3 is 6.18 Å². The lowest BCUT2D eigenvalue weighted by atomic mass is 10.00. The predicted molar refractivity (Wildman–Crippen MR) is 100 cm³/mol. The number of halogens is 3. The Balaban J connectivity index is 1.86. The van der Waals surface area contributed by atoms with Gasteiger partial charge in [-0.1, -0.05) is 12.1 Å². The zero-order valence-electron chi connectivity index (χ0n) is 15.4. The van der Waals surface area contributed by atoms with E-state index in [1.165, 1.54) is 25.4 Å². The van der Waals surface area contributed by atoms with Gasteiger partial charge in [0.15, 0.2) is 6.20 Å². The molecule has 0 saturated carbocycles. The second kappa shape index (κ2) is 8.22. The van der Waals surface area contributed by atoms with E-state index in [2.05, 4.69) is 5.32 Å². The molecular formula is C21H17F3N2O3. The number of carbonyl (C=O) groups excluding carboxylic acids is 1. The Labute approximate surface area is 165 Å². The van der Waals surface area contributed by atoms with Gasteiger partial charge in [0.05, 0.1) is 12.7 Å². The third-order valence-corrected chi connectivity index (χ3v) is 4.26. The Morgan fingerprint density at radius 3 is 2.55 bits per heavy atom. The number of alkyl halides is 3. The van der Waals surface area contributed by atoms with Gasteiger partial charge in [-0.15, -0.1) is 0 Å². The van der Waals surface area contributed by atoms with E-state index in [1.807, 2.05) is 0 Å². The summed E-state index contributed by atoms with van der Waals surface area (Å²) in [5.41, 5.74) is 0.477. The normalized spacial score (nSPS) is 11.2. The number of hydrogen-bond acceptors (Lipinski definition) is 3. The Morgan fingerprint density at radius 1 is 1.07 bits per heavy atom. The topological polar surface area (TPSA) is 65.3 Å². The van der Waals surface area contributed by atoms with Crippen LogP contribution in [0.25, 0.3) is 11.1 Å². The molecule has 0 aliphatic rings. The zero-order chi connectivity index (χ0) is 21.0. The highest BCUT2D eigenvalue weighted by molar-refractivity contribution is 5.95. The van der Waals surface area contributed by atoms with E-state index in [-0.39, 0.29) is 23.4 Å². The number of carbonyl (C=O) groups is 1. The van der Waals surface area contributed by atoms with Gasteiger partial charge in [-0.3, -0.25) is 4.79 Å². The number of nitrogens with one attached hydrogen (secondary N) is 1. The van der Waals surface area contributed by atoms with Crippen molar-refractivity contribution in [2.45, 2.75) is 12.7 Å². The summed E-state index contributed by atoms with van der Waals surface area (Å²) < 4.78 is 45.1. The summed E-state index contributed by atoms with van der Waals surface area (Å²) >= 11 is 0. The molecule has 2 aromatic carbocycles. The predicted octanol–water partition coefficient (Wildman–Crippen LogP) is 3.94. The summed E-state index contributed by atoms with van der Waals surface area (Å²) in [5, 5.41) is 14.3. The fourth-order valence-corrected chi connectivity index (χ4v) is 2.76. The number of ether oxygens (including phenoxy) is 1. The SMILES string of the molecule is COc1cc(-c2cccc(C(=O)NCc3cccc[n+]3[O-])c2)cc(C(F)(F)F)c1. The summed E-state index contributed by atoms with van der Waals surface area (Å²) in [6.07, 6.45) is -3.20. The van der Waals surface area contributed by atoms with Gasteiger partial charge in [0, 0.05) is 17.7 Å². The summed E-state index contributed by atoms with van der Waals surface area (Å²) in [4.78, 5) is 12.4. The standard InChI is InChI=1S/C21H17F3N2O3/c1-29-19-11-16(10-17(12-19)21(22,23)24)14-5-4-6-15(9-14)20(27)25-13-18-7-2-3-8-26(18)28/h2-12H,13H2,1H3,(H,25,27). The molecule has 8 heteroatoms. The molecule has 0 radical (unpaired) electrons. The largest absolute Gasteiger partial charge is 0.618 e. The molecule has 3 rings (SSSR count). The van der Waals surface area contributed by atoms with Gasteiger partial charge in [0.1, 0.15) is 12.3 Å². The van der Waals surface area contributed by atoms with Crippen LogP contribution in [0.3, 0.4) is 0 Å². The van der Waals surface area contributed by atoms with E-state index in [0.717, 1.165) is 12.1 Å². The molecule has 0 bridgehead atoms. The molecule has 0 aliphatic heterocycles. The highest BCUT2D eigenvalue weighted by Gasteiger charge is 2.31. The number of methoxy groups -OCH3 is 1. The van der Waals surface area contributed by atoms with Crippen LogP contribution >= 0.6 is 0 Å². The first-order valence-corrected chi connectivity index (χ1v) is 8.60. The molecule has 1 aromatic heterocycles. The van der Waals surface area contributed by atoms with Crippen LogP contribution < -0.4 is 14.8 Å². The lowest BCUT2D eigenvalue weighted by molar-refractivity contribution is -0.614. The lowest BCUT2D eigenvalue weighted by Gasteiger charge is -2.12. The fourth-order valence-electron chi connectivity index (χ4n) is 2.76. The molecule has 1 amide bonds. The second-order valence-electron chi connectivity index (χ2n) is 6.23. The van der Waals surface area contributed by atoms with Crippen molar-refractivity contribution in [2.75, 3.05) is 7.11 Å². The van der Waals surface area contributed by atoms with Crippen LogP contribution in [0, 0.1) is 5.21 Å². The highest BCUT2D eigenvalue weighted by Crippen LogP contribution is 2.35. The van der Waals surface area contributed by atoms with Gasteiger partial charge < -0.3 is 15.3 Å². The van der Waals surface area contributed by atoms with Crippen molar-refractivity contribution in [1.29, 1.82) is 0 Å². The van der Waals surface area contributed by atoms with Gasteiger partial charge in [-0.05, 0) is 47.5 Å². The Morgan fingerprint density at radius 2 is 1.86 bits per heavy atom. The molecule has 1 heterocycles. The number of nitrogens with zero attached hydrogens (tertiary/aromatic N) is 1. The monoisotopic (exact) mass is 402 g/mol. The van der Waals surface area contributed by atoms with Crippen molar-refractivity contribution in [3.8, 4) is 16.9 Å². The number of aromatic nitrogens is 1. The number of benzene rings is 2. The Hall–Kier alpha value is -3.55. The third kappa shape index (κ3) is 4.84. The first kappa shape index (κ1) is 20.2. The van der Waals surface area contributed by atoms with E-state index in [0.29, 0.717) is 16.0 Å². The van der Waals surface area contributed by atoms with Crippen molar-refractivity contribution < 1.29 is 27.4 Å². The van der Waals surface area contributed by atoms with Gasteiger partial charge in [0.2, 0.25) is 5.69 Å². The van der Waals surface area contributed by atoms with Crippen molar-refractivity contribution in [3.63, 3.8) is 0 Å². The minimum atomic E-state index is -4.53. The number of hydrogen-bond donors (Lipinski definition) is 1. The molecule has 0 saturated heterocycles. The Bertz CT molecular complexity index is 1040. The van der Waals surface area contributed by atoms with Crippen LogP contribution in [0.15, 0.2) is 66.9 Å². The van der Waals surface area contributed by atoms with Crippen molar-refractivity contribution in [1.82, 2.24) is 5.32 Å². The molecule has 29 heavy (non-hydrogen) atoms. The van der Waals surface area contributed by atoms with Crippen molar-refractivity contribution >= 4 is 5.91 Å². The van der Waals surface area contributed by atoms with E-state index >= 15 is 0 Å². The number of pyridine rings is 1.